The molecule has 0 bridgehead atoms. The molecular formula is C18H17NO3. The standard InChI is InChI=1S/C18H17NO3/c20-18(21)16-6-3-4-13(8-16)10-19-11-14-9-15-5-1-2-7-17(15)22-12-14/h1-9,19H,10-12H2,(H,20,21). The largest absolute Gasteiger partial charge is 0.489 e. The van der Waals surface area contributed by atoms with Crippen molar-refractivity contribution in [1.29, 1.82) is 0 Å². The average Bonchev–Trinajstić information content (AvgIpc) is 2.55. The first-order valence-corrected chi connectivity index (χ1v) is 7.16. The van der Waals surface area contributed by atoms with Gasteiger partial charge in [-0.3, -0.25) is 0 Å². The third-order valence-electron chi connectivity index (χ3n) is 3.55. The second kappa shape index (κ2) is 6.45. The number of nitrogens with one attached hydrogen (secondary N) is 1. The Labute approximate surface area is 129 Å². The number of carbonyl (C=O) groups is 1. The molecule has 3 rings (SSSR count). The van der Waals surface area contributed by atoms with Gasteiger partial charge in [-0.1, -0.05) is 30.3 Å². The number of fused-ring (bicyclic) bond motifs is 1. The monoisotopic (exact) mass is 295 g/mol. The van der Waals surface area contributed by atoms with Gasteiger partial charge in [-0.05, 0) is 35.4 Å². The maximum Gasteiger partial charge on any atom is 0.335 e. The Bertz CT molecular complexity index is 722. The Morgan fingerprint density at radius 3 is 2.86 bits per heavy atom. The van der Waals surface area contributed by atoms with Crippen LogP contribution in [0.3, 0.4) is 0 Å². The highest BCUT2D eigenvalue weighted by atomic mass is 16.5. The number of hydrogen-bond donors (Lipinski definition) is 2. The van der Waals surface area contributed by atoms with E-state index in [1.54, 1.807) is 18.2 Å². The van der Waals surface area contributed by atoms with Crippen LogP contribution < -0.4 is 10.1 Å². The molecule has 1 heterocycles. The fraction of sp³-hybridized carbons (Fsp3) is 0.167. The Kier molecular flexibility index (Phi) is 4.21. The smallest absolute Gasteiger partial charge is 0.335 e. The van der Waals surface area contributed by atoms with Crippen molar-refractivity contribution in [1.82, 2.24) is 5.32 Å². The number of carboxylic acids is 1. The van der Waals surface area contributed by atoms with Crippen LogP contribution in [0.2, 0.25) is 0 Å². The van der Waals surface area contributed by atoms with E-state index < -0.39 is 5.97 Å². The maximum absolute atomic E-state index is 10.9. The zero-order valence-corrected chi connectivity index (χ0v) is 12.1. The molecule has 112 valence electrons. The lowest BCUT2D eigenvalue weighted by molar-refractivity contribution is 0.0696. The first-order chi connectivity index (χ1) is 10.7. The van der Waals surface area contributed by atoms with Crippen LogP contribution in [0.25, 0.3) is 6.08 Å². The average molecular weight is 295 g/mol. The van der Waals surface area contributed by atoms with Crippen molar-refractivity contribution >= 4 is 12.0 Å². The van der Waals surface area contributed by atoms with Gasteiger partial charge in [-0.25, -0.2) is 4.79 Å². The zero-order valence-electron chi connectivity index (χ0n) is 12.1. The lowest BCUT2D eigenvalue weighted by Gasteiger charge is -2.18. The van der Waals surface area contributed by atoms with Crippen LogP contribution >= 0.6 is 0 Å². The predicted octanol–water partition coefficient (Wildman–Crippen LogP) is 2.95. The first kappa shape index (κ1) is 14.4. The summed E-state index contributed by atoms with van der Waals surface area (Å²) in [6.45, 7) is 1.92. The summed E-state index contributed by atoms with van der Waals surface area (Å²) in [6, 6.07) is 14.9. The minimum Gasteiger partial charge on any atom is -0.489 e. The fourth-order valence-electron chi connectivity index (χ4n) is 2.45. The van der Waals surface area contributed by atoms with Gasteiger partial charge in [0.15, 0.2) is 0 Å². The van der Waals surface area contributed by atoms with Crippen molar-refractivity contribution in [3.8, 4) is 5.75 Å². The number of para-hydroxylation sites is 1. The minimum absolute atomic E-state index is 0.313. The van der Waals surface area contributed by atoms with Crippen molar-refractivity contribution in [3.63, 3.8) is 0 Å². The molecule has 0 aliphatic carbocycles. The zero-order chi connectivity index (χ0) is 15.4. The van der Waals surface area contributed by atoms with Gasteiger partial charge in [-0.2, -0.15) is 0 Å². The van der Waals surface area contributed by atoms with Crippen LogP contribution in [-0.4, -0.2) is 24.2 Å². The van der Waals surface area contributed by atoms with Gasteiger partial charge in [0.1, 0.15) is 12.4 Å². The van der Waals surface area contributed by atoms with E-state index in [4.69, 9.17) is 9.84 Å². The van der Waals surface area contributed by atoms with Crippen LogP contribution in [0.4, 0.5) is 0 Å². The van der Waals surface area contributed by atoms with Gasteiger partial charge < -0.3 is 15.2 Å². The summed E-state index contributed by atoms with van der Waals surface area (Å²) in [6.07, 6.45) is 2.14. The number of aromatic carboxylic acids is 1. The topological polar surface area (TPSA) is 58.6 Å². The SMILES string of the molecule is O=C(O)c1cccc(CNCC2=Cc3ccccc3OC2)c1. The van der Waals surface area contributed by atoms with E-state index in [2.05, 4.69) is 11.4 Å². The van der Waals surface area contributed by atoms with Gasteiger partial charge in [0.05, 0.1) is 5.56 Å². The lowest BCUT2D eigenvalue weighted by atomic mass is 10.1. The van der Waals surface area contributed by atoms with Gasteiger partial charge in [0, 0.05) is 18.7 Å². The molecule has 0 unspecified atom stereocenters. The summed E-state index contributed by atoms with van der Waals surface area (Å²) in [5.41, 5.74) is 3.54. The highest BCUT2D eigenvalue weighted by molar-refractivity contribution is 5.87. The molecule has 0 amide bonds. The normalized spacial score (nSPS) is 13.0. The van der Waals surface area contributed by atoms with Crippen LogP contribution in [0.5, 0.6) is 5.75 Å². The van der Waals surface area contributed by atoms with Gasteiger partial charge >= 0.3 is 5.97 Å². The van der Waals surface area contributed by atoms with Gasteiger partial charge in [0.25, 0.3) is 0 Å². The summed E-state index contributed by atoms with van der Waals surface area (Å²) in [5.74, 6) is 0.0160. The number of carboxylic acid groups (broad SMARTS) is 1. The Balaban J connectivity index is 1.59. The second-order valence-electron chi connectivity index (χ2n) is 5.24. The van der Waals surface area contributed by atoms with E-state index in [1.807, 2.05) is 30.3 Å². The number of benzene rings is 2. The van der Waals surface area contributed by atoms with Crippen molar-refractivity contribution < 1.29 is 14.6 Å². The first-order valence-electron chi connectivity index (χ1n) is 7.16. The van der Waals surface area contributed by atoms with Crippen LogP contribution in [0.15, 0.2) is 54.1 Å². The quantitative estimate of drug-likeness (QED) is 0.890. The molecule has 0 atom stereocenters. The Morgan fingerprint density at radius 1 is 1.14 bits per heavy atom. The number of rotatable bonds is 5. The van der Waals surface area contributed by atoms with Crippen molar-refractivity contribution in [2.75, 3.05) is 13.2 Å². The summed E-state index contributed by atoms with van der Waals surface area (Å²) < 4.78 is 5.70. The second-order valence-corrected chi connectivity index (χ2v) is 5.24. The summed E-state index contributed by atoms with van der Waals surface area (Å²) in [5, 5.41) is 12.3. The molecule has 0 fully saturated rings. The third-order valence-corrected chi connectivity index (χ3v) is 3.55. The van der Waals surface area contributed by atoms with E-state index in [-0.39, 0.29) is 0 Å². The van der Waals surface area contributed by atoms with Gasteiger partial charge in [-0.15, -0.1) is 0 Å². The molecule has 2 aromatic carbocycles. The highest BCUT2D eigenvalue weighted by Gasteiger charge is 2.10. The Morgan fingerprint density at radius 2 is 2.00 bits per heavy atom. The van der Waals surface area contributed by atoms with E-state index in [9.17, 15) is 4.79 Å². The fourth-order valence-corrected chi connectivity index (χ4v) is 2.45. The molecule has 0 spiro atoms. The van der Waals surface area contributed by atoms with Crippen molar-refractivity contribution in [2.45, 2.75) is 6.54 Å². The predicted molar refractivity (Wildman–Crippen MR) is 85.0 cm³/mol. The van der Waals surface area contributed by atoms with Crippen LogP contribution in [0, 0.1) is 0 Å². The third kappa shape index (κ3) is 3.35. The molecule has 0 saturated carbocycles. The molecule has 2 N–H and O–H groups in total. The number of ether oxygens (including phenoxy) is 1. The minimum atomic E-state index is -0.901. The van der Waals surface area contributed by atoms with E-state index >= 15 is 0 Å². The molecule has 0 radical (unpaired) electrons. The van der Waals surface area contributed by atoms with Gasteiger partial charge in [0.2, 0.25) is 0 Å². The summed E-state index contributed by atoms with van der Waals surface area (Å²) in [4.78, 5) is 10.9. The molecule has 4 heteroatoms. The molecule has 4 nitrogen and oxygen atoms in total. The van der Waals surface area contributed by atoms with E-state index in [0.717, 1.165) is 16.9 Å². The van der Waals surface area contributed by atoms with Crippen molar-refractivity contribution in [2.24, 2.45) is 0 Å². The molecule has 0 saturated heterocycles. The molecule has 0 aromatic heterocycles. The summed E-state index contributed by atoms with van der Waals surface area (Å²) in [7, 11) is 0. The molecule has 1 aliphatic rings. The molecule has 1 aliphatic heterocycles. The lowest BCUT2D eigenvalue weighted by Crippen LogP contribution is -2.21. The molecule has 2 aromatic rings. The summed E-state index contributed by atoms with van der Waals surface area (Å²) >= 11 is 0. The highest BCUT2D eigenvalue weighted by Crippen LogP contribution is 2.25. The number of hydrogen-bond acceptors (Lipinski definition) is 3. The maximum atomic E-state index is 10.9. The van der Waals surface area contributed by atoms with E-state index in [0.29, 0.717) is 25.3 Å². The molecule has 22 heavy (non-hydrogen) atoms. The van der Waals surface area contributed by atoms with Crippen LogP contribution in [0.1, 0.15) is 21.5 Å². The van der Waals surface area contributed by atoms with Crippen molar-refractivity contribution in [3.05, 3.63) is 70.8 Å². The molecular weight excluding hydrogens is 278 g/mol. The van der Waals surface area contributed by atoms with E-state index in [1.165, 1.54) is 5.57 Å². The Hall–Kier alpha value is -2.59. The van der Waals surface area contributed by atoms with Crippen LogP contribution in [-0.2, 0) is 6.54 Å².